The van der Waals surface area contributed by atoms with Crippen molar-refractivity contribution in [3.8, 4) is 0 Å². The predicted octanol–water partition coefficient (Wildman–Crippen LogP) is 2.50. The second-order valence-corrected chi connectivity index (χ2v) is 10.2. The standard InChI is InChI=1S/C23H27F3N4O4S/c1-28(35(33,34)18-8-3-2-4-9-18)17-22(32)30-13-7-12-29(14-15-30)16-21(31)27-20-11-6-5-10-19(20)23(24,25)26/h2-6,8-11H,7,12-17H2,1H3,(H,27,31). The lowest BCUT2D eigenvalue weighted by Crippen LogP contribution is -2.43. The Hall–Kier alpha value is -2.96. The first-order valence-corrected chi connectivity index (χ1v) is 12.4. The lowest BCUT2D eigenvalue weighted by molar-refractivity contribution is -0.137. The first kappa shape index (κ1) is 26.6. The van der Waals surface area contributed by atoms with E-state index in [0.29, 0.717) is 26.1 Å². The van der Waals surface area contributed by atoms with Gasteiger partial charge < -0.3 is 10.2 Å². The van der Waals surface area contributed by atoms with Crippen molar-refractivity contribution >= 4 is 27.5 Å². The average Bonchev–Trinajstić information content (AvgIpc) is 3.04. The maximum Gasteiger partial charge on any atom is 0.418 e. The third-order valence-electron chi connectivity index (χ3n) is 5.62. The van der Waals surface area contributed by atoms with Crippen molar-refractivity contribution in [3.63, 3.8) is 0 Å². The van der Waals surface area contributed by atoms with E-state index >= 15 is 0 Å². The van der Waals surface area contributed by atoms with E-state index in [1.165, 1.54) is 42.3 Å². The van der Waals surface area contributed by atoms with Crippen molar-refractivity contribution in [2.24, 2.45) is 0 Å². The van der Waals surface area contributed by atoms with Crippen LogP contribution in [0.25, 0.3) is 0 Å². The van der Waals surface area contributed by atoms with E-state index in [1.54, 1.807) is 23.1 Å². The van der Waals surface area contributed by atoms with Crippen LogP contribution in [0, 0.1) is 0 Å². The number of nitrogens with one attached hydrogen (secondary N) is 1. The molecule has 1 heterocycles. The zero-order valence-corrected chi connectivity index (χ0v) is 20.0. The second-order valence-electron chi connectivity index (χ2n) is 8.18. The van der Waals surface area contributed by atoms with Gasteiger partial charge in [0.15, 0.2) is 0 Å². The van der Waals surface area contributed by atoms with Gasteiger partial charge in [0.05, 0.1) is 29.2 Å². The molecule has 2 aromatic rings. The van der Waals surface area contributed by atoms with Crippen LogP contribution in [0.1, 0.15) is 12.0 Å². The van der Waals surface area contributed by atoms with Gasteiger partial charge in [0, 0.05) is 33.2 Å². The number of carbonyl (C=O) groups is 2. The fraction of sp³-hybridized carbons (Fsp3) is 0.391. The molecule has 0 aliphatic carbocycles. The molecular weight excluding hydrogens is 485 g/mol. The molecule has 1 aliphatic heterocycles. The van der Waals surface area contributed by atoms with E-state index in [0.717, 1.165) is 10.4 Å². The molecule has 12 heteroatoms. The summed E-state index contributed by atoms with van der Waals surface area (Å²) in [4.78, 5) is 28.5. The number of likely N-dealkylation sites (N-methyl/N-ethyl adjacent to an activating group) is 1. The Kier molecular flexibility index (Phi) is 8.51. The van der Waals surface area contributed by atoms with E-state index in [-0.39, 0.29) is 36.1 Å². The Morgan fingerprint density at radius 2 is 1.63 bits per heavy atom. The zero-order chi connectivity index (χ0) is 25.6. The maximum absolute atomic E-state index is 13.2. The molecule has 35 heavy (non-hydrogen) atoms. The second kappa shape index (κ2) is 11.2. The van der Waals surface area contributed by atoms with E-state index in [4.69, 9.17) is 0 Å². The lowest BCUT2D eigenvalue weighted by atomic mass is 10.1. The van der Waals surface area contributed by atoms with Gasteiger partial charge in [-0.25, -0.2) is 8.42 Å². The summed E-state index contributed by atoms with van der Waals surface area (Å²) in [5, 5.41) is 2.32. The lowest BCUT2D eigenvalue weighted by Gasteiger charge is -2.24. The average molecular weight is 513 g/mol. The molecule has 1 N–H and O–H groups in total. The summed E-state index contributed by atoms with van der Waals surface area (Å²) in [6, 6.07) is 12.6. The molecule has 0 atom stereocenters. The van der Waals surface area contributed by atoms with Crippen LogP contribution in [-0.2, 0) is 25.8 Å². The van der Waals surface area contributed by atoms with Crippen LogP contribution in [0.2, 0.25) is 0 Å². The summed E-state index contributed by atoms with van der Waals surface area (Å²) < 4.78 is 65.8. The molecule has 0 unspecified atom stereocenters. The largest absolute Gasteiger partial charge is 0.418 e. The van der Waals surface area contributed by atoms with Crippen LogP contribution >= 0.6 is 0 Å². The van der Waals surface area contributed by atoms with Crippen LogP contribution in [0.15, 0.2) is 59.5 Å². The Balaban J connectivity index is 1.54. The summed E-state index contributed by atoms with van der Waals surface area (Å²) >= 11 is 0. The fourth-order valence-corrected chi connectivity index (χ4v) is 4.90. The first-order valence-electron chi connectivity index (χ1n) is 11.0. The molecule has 1 fully saturated rings. The highest BCUT2D eigenvalue weighted by molar-refractivity contribution is 7.89. The minimum atomic E-state index is -4.59. The third-order valence-corrected chi connectivity index (χ3v) is 7.44. The molecule has 0 bridgehead atoms. The molecular formula is C23H27F3N4O4S. The van der Waals surface area contributed by atoms with Gasteiger partial charge in [-0.05, 0) is 30.7 Å². The predicted molar refractivity (Wildman–Crippen MR) is 124 cm³/mol. The highest BCUT2D eigenvalue weighted by atomic mass is 32.2. The number of amides is 2. The van der Waals surface area contributed by atoms with Crippen LogP contribution in [0.4, 0.5) is 18.9 Å². The van der Waals surface area contributed by atoms with Gasteiger partial charge in [0.2, 0.25) is 21.8 Å². The highest BCUT2D eigenvalue weighted by Crippen LogP contribution is 2.34. The van der Waals surface area contributed by atoms with Crippen molar-refractivity contribution in [1.82, 2.24) is 14.1 Å². The number of benzene rings is 2. The monoisotopic (exact) mass is 512 g/mol. The van der Waals surface area contributed by atoms with E-state index in [9.17, 15) is 31.2 Å². The first-order chi connectivity index (χ1) is 16.5. The molecule has 0 saturated carbocycles. The molecule has 2 aromatic carbocycles. The van der Waals surface area contributed by atoms with Gasteiger partial charge in [-0.15, -0.1) is 0 Å². The number of alkyl halides is 3. The number of nitrogens with zero attached hydrogens (tertiary/aromatic N) is 3. The van der Waals surface area contributed by atoms with Crippen molar-refractivity contribution in [2.45, 2.75) is 17.5 Å². The van der Waals surface area contributed by atoms with Crippen molar-refractivity contribution in [3.05, 3.63) is 60.2 Å². The molecule has 1 saturated heterocycles. The Morgan fingerprint density at radius 1 is 0.971 bits per heavy atom. The number of hydrogen-bond acceptors (Lipinski definition) is 5. The van der Waals surface area contributed by atoms with Gasteiger partial charge in [-0.1, -0.05) is 30.3 Å². The van der Waals surface area contributed by atoms with Crippen LogP contribution in [0.3, 0.4) is 0 Å². The Labute approximate surface area is 202 Å². The zero-order valence-electron chi connectivity index (χ0n) is 19.2. The number of hydrogen-bond donors (Lipinski definition) is 1. The maximum atomic E-state index is 13.2. The number of anilines is 1. The minimum Gasteiger partial charge on any atom is -0.340 e. The van der Waals surface area contributed by atoms with Crippen LogP contribution in [-0.4, -0.2) is 80.7 Å². The van der Waals surface area contributed by atoms with E-state index < -0.39 is 27.7 Å². The quantitative estimate of drug-likeness (QED) is 0.616. The molecule has 0 aromatic heterocycles. The summed E-state index contributed by atoms with van der Waals surface area (Å²) in [5.74, 6) is -0.951. The van der Waals surface area contributed by atoms with Gasteiger partial charge in [-0.2, -0.15) is 17.5 Å². The Morgan fingerprint density at radius 3 is 2.31 bits per heavy atom. The molecule has 1 aliphatic rings. The molecule has 3 rings (SSSR count). The van der Waals surface area contributed by atoms with Gasteiger partial charge in [0.1, 0.15) is 0 Å². The van der Waals surface area contributed by atoms with Crippen molar-refractivity contribution in [1.29, 1.82) is 0 Å². The van der Waals surface area contributed by atoms with E-state index in [2.05, 4.69) is 5.32 Å². The summed E-state index contributed by atoms with van der Waals surface area (Å²) in [6.07, 6.45) is -4.05. The third kappa shape index (κ3) is 7.03. The number of sulfonamides is 1. The smallest absolute Gasteiger partial charge is 0.340 e. The van der Waals surface area contributed by atoms with Crippen molar-refractivity contribution < 1.29 is 31.2 Å². The topological polar surface area (TPSA) is 90.0 Å². The molecule has 2 amide bonds. The molecule has 8 nitrogen and oxygen atoms in total. The number of para-hydroxylation sites is 1. The summed E-state index contributed by atoms with van der Waals surface area (Å²) in [6.45, 7) is 0.992. The molecule has 0 spiro atoms. The van der Waals surface area contributed by atoms with Gasteiger partial charge in [-0.3, -0.25) is 14.5 Å². The molecule has 190 valence electrons. The SMILES string of the molecule is CN(CC(=O)N1CCCN(CC(=O)Nc2ccccc2C(F)(F)F)CC1)S(=O)(=O)c1ccccc1. The van der Waals surface area contributed by atoms with Crippen molar-refractivity contribution in [2.75, 3.05) is 51.6 Å². The van der Waals surface area contributed by atoms with Gasteiger partial charge >= 0.3 is 6.18 Å². The minimum absolute atomic E-state index is 0.0930. The van der Waals surface area contributed by atoms with Gasteiger partial charge in [0.25, 0.3) is 0 Å². The van der Waals surface area contributed by atoms with Crippen LogP contribution < -0.4 is 5.32 Å². The summed E-state index contributed by atoms with van der Waals surface area (Å²) in [7, 11) is -2.47. The number of halogens is 3. The summed E-state index contributed by atoms with van der Waals surface area (Å²) in [5.41, 5.74) is -1.23. The highest BCUT2D eigenvalue weighted by Gasteiger charge is 2.33. The molecule has 0 radical (unpaired) electrons. The van der Waals surface area contributed by atoms with E-state index in [1.807, 2.05) is 0 Å². The van der Waals surface area contributed by atoms with Crippen LogP contribution in [0.5, 0.6) is 0 Å². The number of carbonyl (C=O) groups excluding carboxylic acids is 2. The Bertz CT molecular complexity index is 1140. The normalized spacial score (nSPS) is 15.6. The fourth-order valence-electron chi connectivity index (χ4n) is 3.76. The number of rotatable bonds is 7.